The largest absolute Gasteiger partial charge is 0.497 e. The molecule has 0 aliphatic carbocycles. The summed E-state index contributed by atoms with van der Waals surface area (Å²) in [5.41, 5.74) is -0.261. The molecule has 3 aliphatic heterocycles. The third-order valence-corrected chi connectivity index (χ3v) is 6.33. The van der Waals surface area contributed by atoms with Crippen LogP contribution in [0.15, 0.2) is 36.4 Å². The Hall–Kier alpha value is -2.91. The maximum atomic E-state index is 13.4. The highest BCUT2D eigenvalue weighted by atomic mass is 16.5. The van der Waals surface area contributed by atoms with Crippen LogP contribution in [0.25, 0.3) is 0 Å². The van der Waals surface area contributed by atoms with E-state index < -0.39 is 29.6 Å². The summed E-state index contributed by atoms with van der Waals surface area (Å²) in [5.74, 6) is -1.53. The standard InChI is InChI=1S/C22H27N3O6/c1-23-19(26)16-15-8-9-22(31-15)17(16)21(28)25(10-11-29-2)18(22)20(27)24-12-13-4-6-14(30-3)7-5-13/h4-9,15-18H,10-12H2,1-3H3,(H,23,26)(H,24,27)/t15-,16+,17+,18-,22+/m1/s1. The third-order valence-electron chi connectivity index (χ3n) is 6.33. The van der Waals surface area contributed by atoms with Gasteiger partial charge in [-0.1, -0.05) is 24.3 Å². The van der Waals surface area contributed by atoms with E-state index in [0.29, 0.717) is 6.54 Å². The van der Waals surface area contributed by atoms with E-state index in [-0.39, 0.29) is 30.9 Å². The summed E-state index contributed by atoms with van der Waals surface area (Å²) in [5, 5.41) is 5.55. The smallest absolute Gasteiger partial charge is 0.246 e. The lowest BCUT2D eigenvalue weighted by molar-refractivity contribution is -0.142. The first kappa shape index (κ1) is 21.3. The zero-order valence-corrected chi connectivity index (χ0v) is 17.8. The van der Waals surface area contributed by atoms with Crippen molar-refractivity contribution in [2.24, 2.45) is 11.8 Å². The Morgan fingerprint density at radius 1 is 1.19 bits per heavy atom. The van der Waals surface area contributed by atoms with E-state index >= 15 is 0 Å². The number of likely N-dealkylation sites (tertiary alicyclic amines) is 1. The maximum absolute atomic E-state index is 13.4. The fraction of sp³-hybridized carbons (Fsp3) is 0.500. The summed E-state index contributed by atoms with van der Waals surface area (Å²) in [7, 11) is 4.66. The minimum absolute atomic E-state index is 0.233. The lowest BCUT2D eigenvalue weighted by Crippen LogP contribution is -2.55. The minimum Gasteiger partial charge on any atom is -0.497 e. The average Bonchev–Trinajstić information content (AvgIpc) is 3.43. The second kappa shape index (κ2) is 8.32. The van der Waals surface area contributed by atoms with E-state index in [1.54, 1.807) is 19.3 Å². The quantitative estimate of drug-likeness (QED) is 0.557. The molecule has 5 atom stereocenters. The van der Waals surface area contributed by atoms with Crippen molar-refractivity contribution in [1.29, 1.82) is 0 Å². The monoisotopic (exact) mass is 429 g/mol. The normalized spacial score (nSPS) is 30.4. The number of ether oxygens (including phenoxy) is 3. The molecule has 1 aromatic rings. The Labute approximate surface area is 180 Å². The first-order chi connectivity index (χ1) is 15.0. The lowest BCUT2D eigenvalue weighted by atomic mass is 9.74. The molecule has 2 saturated heterocycles. The zero-order valence-electron chi connectivity index (χ0n) is 17.8. The van der Waals surface area contributed by atoms with Crippen LogP contribution in [0, 0.1) is 11.8 Å². The molecule has 9 nitrogen and oxygen atoms in total. The second-order valence-electron chi connectivity index (χ2n) is 7.91. The van der Waals surface area contributed by atoms with Gasteiger partial charge in [-0.3, -0.25) is 14.4 Å². The summed E-state index contributed by atoms with van der Waals surface area (Å²) < 4.78 is 16.5. The van der Waals surface area contributed by atoms with Crippen molar-refractivity contribution in [3.8, 4) is 5.75 Å². The molecule has 3 heterocycles. The van der Waals surface area contributed by atoms with Crippen molar-refractivity contribution in [1.82, 2.24) is 15.5 Å². The van der Waals surface area contributed by atoms with Crippen LogP contribution in [-0.4, -0.2) is 74.8 Å². The summed E-state index contributed by atoms with van der Waals surface area (Å²) in [6.07, 6.45) is 3.05. The van der Waals surface area contributed by atoms with Gasteiger partial charge >= 0.3 is 0 Å². The maximum Gasteiger partial charge on any atom is 0.246 e. The van der Waals surface area contributed by atoms with Crippen LogP contribution in [0.2, 0.25) is 0 Å². The Morgan fingerprint density at radius 3 is 2.58 bits per heavy atom. The molecule has 166 valence electrons. The molecule has 1 spiro atoms. The van der Waals surface area contributed by atoms with Gasteiger partial charge in [-0.15, -0.1) is 0 Å². The zero-order chi connectivity index (χ0) is 22.2. The number of carbonyl (C=O) groups excluding carboxylic acids is 3. The molecule has 9 heteroatoms. The molecule has 2 bridgehead atoms. The number of fused-ring (bicyclic) bond motifs is 1. The second-order valence-corrected chi connectivity index (χ2v) is 7.91. The topological polar surface area (TPSA) is 106 Å². The third kappa shape index (κ3) is 3.37. The molecule has 0 aromatic heterocycles. The molecule has 3 amide bonds. The molecule has 1 aromatic carbocycles. The Kier molecular flexibility index (Phi) is 5.72. The van der Waals surface area contributed by atoms with Crippen molar-refractivity contribution >= 4 is 17.7 Å². The number of hydrogen-bond acceptors (Lipinski definition) is 6. The highest BCUT2D eigenvalue weighted by molar-refractivity contribution is 5.99. The van der Waals surface area contributed by atoms with Crippen LogP contribution in [0.5, 0.6) is 5.75 Å². The van der Waals surface area contributed by atoms with Crippen molar-refractivity contribution < 1.29 is 28.6 Å². The number of nitrogens with one attached hydrogen (secondary N) is 2. The van der Waals surface area contributed by atoms with Gasteiger partial charge in [0.15, 0.2) is 0 Å². The first-order valence-electron chi connectivity index (χ1n) is 10.3. The van der Waals surface area contributed by atoms with Crippen molar-refractivity contribution in [2.45, 2.75) is 24.3 Å². The Bertz CT molecular complexity index is 901. The lowest BCUT2D eigenvalue weighted by Gasteiger charge is -2.32. The molecular formula is C22H27N3O6. The van der Waals surface area contributed by atoms with Gasteiger partial charge in [0.1, 0.15) is 17.4 Å². The highest BCUT2D eigenvalue weighted by Crippen LogP contribution is 2.54. The predicted octanol–water partition coefficient (Wildman–Crippen LogP) is -0.146. The summed E-state index contributed by atoms with van der Waals surface area (Å²) in [6, 6.07) is 6.48. The van der Waals surface area contributed by atoms with Gasteiger partial charge < -0.3 is 29.7 Å². The average molecular weight is 429 g/mol. The van der Waals surface area contributed by atoms with Crippen LogP contribution in [0.4, 0.5) is 0 Å². The number of nitrogens with zero attached hydrogens (tertiary/aromatic N) is 1. The molecule has 0 saturated carbocycles. The molecule has 3 aliphatic rings. The van der Waals surface area contributed by atoms with Gasteiger partial charge in [0, 0.05) is 27.2 Å². The fourth-order valence-electron chi connectivity index (χ4n) is 4.89. The molecule has 31 heavy (non-hydrogen) atoms. The predicted molar refractivity (Wildman–Crippen MR) is 110 cm³/mol. The van der Waals surface area contributed by atoms with Crippen LogP contribution < -0.4 is 15.4 Å². The van der Waals surface area contributed by atoms with Crippen LogP contribution in [-0.2, 0) is 30.4 Å². The van der Waals surface area contributed by atoms with E-state index in [2.05, 4.69) is 10.6 Å². The van der Waals surface area contributed by atoms with Gasteiger partial charge in [0.25, 0.3) is 0 Å². The molecule has 0 radical (unpaired) electrons. The van der Waals surface area contributed by atoms with E-state index in [9.17, 15) is 14.4 Å². The Morgan fingerprint density at radius 2 is 1.94 bits per heavy atom. The van der Waals surface area contributed by atoms with Crippen LogP contribution in [0.1, 0.15) is 5.56 Å². The van der Waals surface area contributed by atoms with E-state index in [1.165, 1.54) is 19.1 Å². The molecule has 4 rings (SSSR count). The minimum atomic E-state index is -1.16. The van der Waals surface area contributed by atoms with E-state index in [0.717, 1.165) is 11.3 Å². The van der Waals surface area contributed by atoms with Crippen molar-refractivity contribution in [2.75, 3.05) is 34.4 Å². The van der Waals surface area contributed by atoms with Crippen LogP contribution in [0.3, 0.4) is 0 Å². The van der Waals surface area contributed by atoms with Gasteiger partial charge in [-0.05, 0) is 17.7 Å². The van der Waals surface area contributed by atoms with Crippen molar-refractivity contribution in [3.05, 3.63) is 42.0 Å². The number of rotatable bonds is 8. The van der Waals surface area contributed by atoms with Gasteiger partial charge in [-0.2, -0.15) is 0 Å². The molecule has 0 unspecified atom stereocenters. The van der Waals surface area contributed by atoms with E-state index in [4.69, 9.17) is 14.2 Å². The number of methoxy groups -OCH3 is 2. The number of amides is 3. The van der Waals surface area contributed by atoms with Gasteiger partial charge in [0.05, 0.1) is 31.7 Å². The number of hydrogen-bond donors (Lipinski definition) is 2. The molecule has 2 fully saturated rings. The van der Waals surface area contributed by atoms with Gasteiger partial charge in [-0.25, -0.2) is 0 Å². The number of carbonyl (C=O) groups is 3. The van der Waals surface area contributed by atoms with Gasteiger partial charge in [0.2, 0.25) is 17.7 Å². The molecular weight excluding hydrogens is 402 g/mol. The fourth-order valence-corrected chi connectivity index (χ4v) is 4.89. The Balaban J connectivity index is 1.59. The number of benzene rings is 1. The molecule has 2 N–H and O–H groups in total. The summed E-state index contributed by atoms with van der Waals surface area (Å²) in [4.78, 5) is 40.7. The summed E-state index contributed by atoms with van der Waals surface area (Å²) in [6.45, 7) is 0.795. The highest BCUT2D eigenvalue weighted by Gasteiger charge is 2.72. The first-order valence-corrected chi connectivity index (χ1v) is 10.3. The van der Waals surface area contributed by atoms with Crippen molar-refractivity contribution in [3.63, 3.8) is 0 Å². The van der Waals surface area contributed by atoms with E-state index in [1.807, 2.05) is 24.3 Å². The summed E-state index contributed by atoms with van der Waals surface area (Å²) >= 11 is 0. The SMILES string of the molecule is CNC(=O)[C@@H]1[C@H]2C(=O)N(CCOC)[C@H](C(=O)NCc3ccc(OC)cc3)[C@]23C=C[C@H]1O3. The van der Waals surface area contributed by atoms with Crippen LogP contribution >= 0.6 is 0 Å².